The van der Waals surface area contributed by atoms with Crippen LogP contribution >= 0.6 is 11.6 Å². The van der Waals surface area contributed by atoms with Crippen LogP contribution in [-0.4, -0.2) is 17.1 Å². The molecule has 5 heteroatoms. The molecule has 1 N–H and O–H groups in total. The summed E-state index contributed by atoms with van der Waals surface area (Å²) in [7, 11) is 0. The molecule has 1 heterocycles. The van der Waals surface area contributed by atoms with E-state index in [1.165, 1.54) is 12.4 Å². The number of hydrazone groups is 1. The van der Waals surface area contributed by atoms with Gasteiger partial charge in [-0.25, -0.2) is 5.43 Å². The van der Waals surface area contributed by atoms with E-state index >= 15 is 0 Å². The summed E-state index contributed by atoms with van der Waals surface area (Å²) >= 11 is 5.84. The number of halogens is 1. The van der Waals surface area contributed by atoms with Crippen molar-refractivity contribution in [3.8, 4) is 0 Å². The second kappa shape index (κ2) is 6.11. The monoisotopic (exact) mass is 273 g/mol. The van der Waals surface area contributed by atoms with Crippen LogP contribution in [0.25, 0.3) is 0 Å². The van der Waals surface area contributed by atoms with E-state index in [9.17, 15) is 4.79 Å². The standard InChI is InChI=1S/C14H12ClN3O/c1-10-5-6-12(9-16-10)14(19)18-17-8-11-3-2-4-13(15)7-11/h2-9H,1H3,(H,18,19)/b17-8+. The molecule has 1 aromatic carbocycles. The molecule has 1 aromatic heterocycles. The van der Waals surface area contributed by atoms with Gasteiger partial charge in [0, 0.05) is 16.9 Å². The number of benzene rings is 1. The van der Waals surface area contributed by atoms with E-state index in [1.54, 1.807) is 24.3 Å². The van der Waals surface area contributed by atoms with Crippen LogP contribution in [0.4, 0.5) is 0 Å². The number of rotatable bonds is 3. The average Bonchev–Trinajstić information content (AvgIpc) is 2.39. The first-order chi connectivity index (χ1) is 9.15. The van der Waals surface area contributed by atoms with Crippen LogP contribution in [0.5, 0.6) is 0 Å². The molecule has 0 atom stereocenters. The normalized spacial score (nSPS) is 10.6. The molecule has 19 heavy (non-hydrogen) atoms. The van der Waals surface area contributed by atoms with Crippen molar-refractivity contribution < 1.29 is 4.79 Å². The molecule has 0 spiro atoms. The van der Waals surface area contributed by atoms with E-state index in [2.05, 4.69) is 15.5 Å². The minimum Gasteiger partial charge on any atom is -0.267 e. The third-order valence-corrected chi connectivity index (χ3v) is 2.64. The number of carbonyl (C=O) groups is 1. The number of hydrogen-bond donors (Lipinski definition) is 1. The maximum Gasteiger partial charge on any atom is 0.272 e. The molecule has 0 bridgehead atoms. The molecule has 0 unspecified atom stereocenters. The smallest absolute Gasteiger partial charge is 0.267 e. The lowest BCUT2D eigenvalue weighted by Gasteiger charge is -1.99. The van der Waals surface area contributed by atoms with Crippen LogP contribution in [0, 0.1) is 6.92 Å². The fourth-order valence-corrected chi connectivity index (χ4v) is 1.62. The predicted molar refractivity (Wildman–Crippen MR) is 75.5 cm³/mol. The Morgan fingerprint density at radius 1 is 1.37 bits per heavy atom. The summed E-state index contributed by atoms with van der Waals surface area (Å²) in [5, 5.41) is 4.49. The molecule has 0 saturated carbocycles. The molecule has 0 fully saturated rings. The van der Waals surface area contributed by atoms with Crippen molar-refractivity contribution in [2.75, 3.05) is 0 Å². The zero-order valence-corrected chi connectivity index (χ0v) is 11.1. The van der Waals surface area contributed by atoms with Gasteiger partial charge in [-0.3, -0.25) is 9.78 Å². The molecule has 0 radical (unpaired) electrons. The quantitative estimate of drug-likeness (QED) is 0.691. The lowest BCUT2D eigenvalue weighted by molar-refractivity contribution is 0.0955. The van der Waals surface area contributed by atoms with Gasteiger partial charge in [-0.1, -0.05) is 23.7 Å². The van der Waals surface area contributed by atoms with Gasteiger partial charge in [0.15, 0.2) is 0 Å². The summed E-state index contributed by atoms with van der Waals surface area (Å²) in [4.78, 5) is 15.8. The Morgan fingerprint density at radius 2 is 2.21 bits per heavy atom. The topological polar surface area (TPSA) is 54.4 Å². The number of aromatic nitrogens is 1. The van der Waals surface area contributed by atoms with Gasteiger partial charge >= 0.3 is 0 Å². The van der Waals surface area contributed by atoms with Crippen LogP contribution in [0.1, 0.15) is 21.6 Å². The molecule has 1 amide bonds. The molecule has 0 aliphatic carbocycles. The third kappa shape index (κ3) is 3.89. The summed E-state index contributed by atoms with van der Waals surface area (Å²) in [6.45, 7) is 1.86. The van der Waals surface area contributed by atoms with E-state index < -0.39 is 0 Å². The van der Waals surface area contributed by atoms with E-state index in [0.29, 0.717) is 10.6 Å². The highest BCUT2D eigenvalue weighted by molar-refractivity contribution is 6.30. The van der Waals surface area contributed by atoms with Gasteiger partial charge in [-0.15, -0.1) is 0 Å². The van der Waals surface area contributed by atoms with Crippen molar-refractivity contribution in [3.63, 3.8) is 0 Å². The maximum absolute atomic E-state index is 11.7. The molecule has 0 saturated heterocycles. The van der Waals surface area contributed by atoms with Gasteiger partial charge in [0.25, 0.3) is 5.91 Å². The maximum atomic E-state index is 11.7. The Labute approximate surface area is 116 Å². The van der Waals surface area contributed by atoms with Crippen molar-refractivity contribution in [1.82, 2.24) is 10.4 Å². The fraction of sp³-hybridized carbons (Fsp3) is 0.0714. The van der Waals surface area contributed by atoms with Crippen molar-refractivity contribution in [1.29, 1.82) is 0 Å². The van der Waals surface area contributed by atoms with Gasteiger partial charge in [0.1, 0.15) is 0 Å². The minimum absolute atomic E-state index is 0.300. The molecule has 96 valence electrons. The zero-order valence-electron chi connectivity index (χ0n) is 10.3. The number of carbonyl (C=O) groups excluding carboxylic acids is 1. The van der Waals surface area contributed by atoms with Crippen LogP contribution in [0.3, 0.4) is 0 Å². The number of nitrogens with zero attached hydrogens (tertiary/aromatic N) is 2. The predicted octanol–water partition coefficient (Wildman–Crippen LogP) is 2.81. The molecular weight excluding hydrogens is 262 g/mol. The van der Waals surface area contributed by atoms with Crippen molar-refractivity contribution in [3.05, 3.63) is 64.4 Å². The molecule has 0 aliphatic heterocycles. The summed E-state index contributed by atoms with van der Waals surface area (Å²) in [5.41, 5.74) is 4.58. The lowest BCUT2D eigenvalue weighted by atomic mass is 10.2. The van der Waals surface area contributed by atoms with E-state index in [-0.39, 0.29) is 5.91 Å². The number of aryl methyl sites for hydroxylation is 1. The highest BCUT2D eigenvalue weighted by atomic mass is 35.5. The SMILES string of the molecule is Cc1ccc(C(=O)N/N=C/c2cccc(Cl)c2)cn1. The first-order valence-corrected chi connectivity index (χ1v) is 6.04. The fourth-order valence-electron chi connectivity index (χ4n) is 1.42. The highest BCUT2D eigenvalue weighted by Gasteiger charge is 2.03. The van der Waals surface area contributed by atoms with Crippen molar-refractivity contribution in [2.45, 2.75) is 6.92 Å². The lowest BCUT2D eigenvalue weighted by Crippen LogP contribution is -2.17. The van der Waals surface area contributed by atoms with Crippen LogP contribution in [0.2, 0.25) is 5.02 Å². The van der Waals surface area contributed by atoms with Gasteiger partial charge in [-0.05, 0) is 36.8 Å². The molecule has 2 rings (SSSR count). The Balaban J connectivity index is 1.98. The van der Waals surface area contributed by atoms with Crippen molar-refractivity contribution in [2.24, 2.45) is 5.10 Å². The minimum atomic E-state index is -0.300. The van der Waals surface area contributed by atoms with Crippen LogP contribution < -0.4 is 5.43 Å². The Bertz CT molecular complexity index is 608. The Kier molecular flexibility index (Phi) is 4.26. The van der Waals surface area contributed by atoms with E-state index in [4.69, 9.17) is 11.6 Å². The summed E-state index contributed by atoms with van der Waals surface area (Å²) in [5.74, 6) is -0.300. The Hall–Kier alpha value is -2.20. The molecule has 2 aromatic rings. The second-order valence-corrected chi connectivity index (χ2v) is 4.38. The average molecular weight is 274 g/mol. The van der Waals surface area contributed by atoms with E-state index in [0.717, 1.165) is 11.3 Å². The number of nitrogens with one attached hydrogen (secondary N) is 1. The van der Waals surface area contributed by atoms with Gasteiger partial charge in [0.2, 0.25) is 0 Å². The summed E-state index contributed by atoms with van der Waals surface area (Å²) in [6, 6.07) is 10.7. The first kappa shape index (κ1) is 13.2. The first-order valence-electron chi connectivity index (χ1n) is 5.67. The molecule has 0 aliphatic rings. The zero-order chi connectivity index (χ0) is 13.7. The number of amides is 1. The largest absolute Gasteiger partial charge is 0.272 e. The second-order valence-electron chi connectivity index (χ2n) is 3.94. The van der Waals surface area contributed by atoms with Crippen LogP contribution in [-0.2, 0) is 0 Å². The van der Waals surface area contributed by atoms with Gasteiger partial charge < -0.3 is 0 Å². The van der Waals surface area contributed by atoms with E-state index in [1.807, 2.05) is 19.1 Å². The summed E-state index contributed by atoms with van der Waals surface area (Å²) in [6.07, 6.45) is 3.05. The molecular formula is C14H12ClN3O. The number of hydrogen-bond acceptors (Lipinski definition) is 3. The third-order valence-electron chi connectivity index (χ3n) is 2.40. The van der Waals surface area contributed by atoms with Crippen LogP contribution in [0.15, 0.2) is 47.7 Å². The number of pyridine rings is 1. The molecule has 4 nitrogen and oxygen atoms in total. The summed E-state index contributed by atoms with van der Waals surface area (Å²) < 4.78 is 0. The van der Waals surface area contributed by atoms with Crippen molar-refractivity contribution >= 4 is 23.7 Å². The Morgan fingerprint density at radius 3 is 2.89 bits per heavy atom. The van der Waals surface area contributed by atoms with Gasteiger partial charge in [0.05, 0.1) is 11.8 Å². The highest BCUT2D eigenvalue weighted by Crippen LogP contribution is 2.08. The van der Waals surface area contributed by atoms with Gasteiger partial charge in [-0.2, -0.15) is 5.10 Å².